The Labute approximate surface area is 171 Å². The molecule has 156 valence electrons. The van der Waals surface area contributed by atoms with Crippen molar-refractivity contribution in [2.75, 3.05) is 6.61 Å². The lowest BCUT2D eigenvalue weighted by atomic mass is 10.0. The summed E-state index contributed by atoms with van der Waals surface area (Å²) in [5, 5.41) is 28.1. The van der Waals surface area contributed by atoms with Gasteiger partial charge < -0.3 is 20.1 Å². The average Bonchev–Trinajstić information content (AvgIpc) is 2.60. The van der Waals surface area contributed by atoms with Crippen LogP contribution in [0.15, 0.2) is 42.0 Å². The molecule has 6 heteroatoms. The second kappa shape index (κ2) is 10.9. The first-order valence-electron chi connectivity index (χ1n) is 9.22. The van der Waals surface area contributed by atoms with Crippen LogP contribution in [0, 0.1) is 6.92 Å². The van der Waals surface area contributed by atoms with E-state index in [2.05, 4.69) is 0 Å². The minimum absolute atomic E-state index is 0.0217. The lowest BCUT2D eigenvalue weighted by molar-refractivity contribution is 0.0522. The molecule has 0 fully saturated rings. The van der Waals surface area contributed by atoms with Gasteiger partial charge in [0.05, 0.1) is 6.61 Å². The highest BCUT2D eigenvalue weighted by Crippen LogP contribution is 2.27. The summed E-state index contributed by atoms with van der Waals surface area (Å²) >= 11 is 0. The van der Waals surface area contributed by atoms with Crippen LogP contribution < -0.4 is 0 Å². The summed E-state index contributed by atoms with van der Waals surface area (Å²) in [4.78, 5) is 22.5. The van der Waals surface area contributed by atoms with Gasteiger partial charge in [0.2, 0.25) is 0 Å². The van der Waals surface area contributed by atoms with E-state index in [0.29, 0.717) is 17.5 Å². The molecule has 6 nitrogen and oxygen atoms in total. The fourth-order valence-electron chi connectivity index (χ4n) is 2.50. The zero-order valence-electron chi connectivity index (χ0n) is 17.4. The van der Waals surface area contributed by atoms with Crippen LogP contribution in [0.5, 0.6) is 17.2 Å². The van der Waals surface area contributed by atoms with Crippen LogP contribution in [0.4, 0.5) is 0 Å². The number of phenols is 3. The molecule has 0 bridgehead atoms. The number of carbonyl (C=O) groups excluding carboxylic acids is 2. The minimum Gasteiger partial charge on any atom is -0.508 e. The number of allylic oxidation sites excluding steroid dienone is 2. The molecule has 0 unspecified atom stereocenters. The fourth-order valence-corrected chi connectivity index (χ4v) is 2.50. The predicted molar refractivity (Wildman–Crippen MR) is 112 cm³/mol. The normalized spacial score (nSPS) is 9.83. The summed E-state index contributed by atoms with van der Waals surface area (Å²) in [6, 6.07) is 7.47. The van der Waals surface area contributed by atoms with Gasteiger partial charge in [0.1, 0.15) is 22.8 Å². The van der Waals surface area contributed by atoms with E-state index in [9.17, 15) is 19.8 Å². The molecule has 3 N–H and O–H groups in total. The Balaban J connectivity index is 0.000000291. The third-order valence-electron chi connectivity index (χ3n) is 4.00. The topological polar surface area (TPSA) is 104 Å². The van der Waals surface area contributed by atoms with Gasteiger partial charge in [-0.1, -0.05) is 11.6 Å². The molecule has 0 atom stereocenters. The molecule has 0 aliphatic heterocycles. The van der Waals surface area contributed by atoms with Gasteiger partial charge in [-0.2, -0.15) is 0 Å². The largest absolute Gasteiger partial charge is 0.508 e. The Morgan fingerprint density at radius 3 is 2.17 bits per heavy atom. The number of carbonyl (C=O) groups is 2. The van der Waals surface area contributed by atoms with Crippen LogP contribution in [0.1, 0.15) is 59.5 Å². The molecular weight excluding hydrogens is 372 g/mol. The summed E-state index contributed by atoms with van der Waals surface area (Å²) in [6.45, 7) is 9.09. The Kier molecular flexibility index (Phi) is 8.93. The van der Waals surface area contributed by atoms with Gasteiger partial charge in [0.15, 0.2) is 5.78 Å². The molecule has 0 spiro atoms. The number of esters is 1. The number of Topliss-reactive ketones (excluding diaryl/α,β-unsaturated/α-hetero) is 1. The Hall–Kier alpha value is -3.28. The van der Waals surface area contributed by atoms with Gasteiger partial charge in [-0.15, -0.1) is 0 Å². The predicted octanol–water partition coefficient (Wildman–Crippen LogP) is 4.69. The molecule has 29 heavy (non-hydrogen) atoms. The number of benzene rings is 2. The van der Waals surface area contributed by atoms with Crippen LogP contribution in [0.3, 0.4) is 0 Å². The van der Waals surface area contributed by atoms with E-state index < -0.39 is 5.97 Å². The zero-order chi connectivity index (χ0) is 22.1. The fraction of sp³-hybridized carbons (Fsp3) is 0.304. The highest BCUT2D eigenvalue weighted by Gasteiger charge is 2.16. The molecule has 0 radical (unpaired) electrons. The van der Waals surface area contributed by atoms with E-state index >= 15 is 0 Å². The second-order valence-corrected chi connectivity index (χ2v) is 6.76. The third-order valence-corrected chi connectivity index (χ3v) is 4.00. The first-order valence-corrected chi connectivity index (χ1v) is 9.22. The minimum atomic E-state index is -0.581. The van der Waals surface area contributed by atoms with E-state index in [4.69, 9.17) is 9.84 Å². The van der Waals surface area contributed by atoms with Gasteiger partial charge in [-0.05, 0) is 76.4 Å². The van der Waals surface area contributed by atoms with E-state index in [1.807, 2.05) is 19.9 Å². The molecule has 2 rings (SSSR count). The van der Waals surface area contributed by atoms with Crippen molar-refractivity contribution >= 4 is 11.8 Å². The SMILES string of the molecule is CC(=O)c1ccc(O)c(CC=C(C)C)c1.CCOC(=O)c1c(C)cc(O)cc1O. The van der Waals surface area contributed by atoms with Crippen molar-refractivity contribution < 1.29 is 29.6 Å². The van der Waals surface area contributed by atoms with Crippen molar-refractivity contribution in [3.63, 3.8) is 0 Å². The second-order valence-electron chi connectivity index (χ2n) is 6.76. The molecule has 0 heterocycles. The van der Waals surface area contributed by atoms with Gasteiger partial charge in [-0.3, -0.25) is 4.79 Å². The summed E-state index contributed by atoms with van der Waals surface area (Å²) < 4.78 is 4.75. The molecule has 0 amide bonds. The lowest BCUT2D eigenvalue weighted by Crippen LogP contribution is -2.06. The maximum absolute atomic E-state index is 11.3. The van der Waals surface area contributed by atoms with Crippen molar-refractivity contribution in [1.29, 1.82) is 0 Å². The molecular formula is C23H28O6. The monoisotopic (exact) mass is 400 g/mol. The highest BCUT2D eigenvalue weighted by atomic mass is 16.5. The van der Waals surface area contributed by atoms with Crippen molar-refractivity contribution in [3.8, 4) is 17.2 Å². The van der Waals surface area contributed by atoms with Gasteiger partial charge in [0, 0.05) is 11.6 Å². The molecule has 0 aliphatic carbocycles. The average molecular weight is 400 g/mol. The van der Waals surface area contributed by atoms with Crippen molar-refractivity contribution in [2.45, 2.75) is 41.0 Å². The van der Waals surface area contributed by atoms with E-state index in [0.717, 1.165) is 11.6 Å². The highest BCUT2D eigenvalue weighted by molar-refractivity contribution is 5.94. The van der Waals surface area contributed by atoms with Crippen molar-refractivity contribution in [2.24, 2.45) is 0 Å². The number of aryl methyl sites for hydroxylation is 1. The van der Waals surface area contributed by atoms with Crippen LogP contribution >= 0.6 is 0 Å². The number of hydrogen-bond acceptors (Lipinski definition) is 6. The Morgan fingerprint density at radius 1 is 1.00 bits per heavy atom. The number of phenolic OH excluding ortho intramolecular Hbond substituents is 3. The summed E-state index contributed by atoms with van der Waals surface area (Å²) in [5.74, 6) is -0.651. The van der Waals surface area contributed by atoms with Gasteiger partial charge in [0.25, 0.3) is 0 Å². The van der Waals surface area contributed by atoms with Gasteiger partial charge >= 0.3 is 5.97 Å². The molecule has 0 aromatic heterocycles. The van der Waals surface area contributed by atoms with Crippen LogP contribution in [0.2, 0.25) is 0 Å². The van der Waals surface area contributed by atoms with E-state index in [1.54, 1.807) is 32.0 Å². The Bertz CT molecular complexity index is 885. The smallest absolute Gasteiger partial charge is 0.342 e. The Morgan fingerprint density at radius 2 is 1.66 bits per heavy atom. The number of rotatable bonds is 5. The summed E-state index contributed by atoms with van der Waals surface area (Å²) in [5.41, 5.74) is 3.22. The van der Waals surface area contributed by atoms with Crippen LogP contribution in [-0.2, 0) is 11.2 Å². The first kappa shape index (κ1) is 23.8. The zero-order valence-corrected chi connectivity index (χ0v) is 17.4. The summed E-state index contributed by atoms with van der Waals surface area (Å²) in [6.07, 6.45) is 2.69. The van der Waals surface area contributed by atoms with Crippen LogP contribution in [-0.4, -0.2) is 33.7 Å². The molecule has 2 aromatic carbocycles. The molecule has 0 saturated carbocycles. The number of ketones is 1. The van der Waals surface area contributed by atoms with Gasteiger partial charge in [-0.25, -0.2) is 4.79 Å². The standard InChI is InChI=1S/C13H16O2.C10H12O4/c1-9(2)4-5-12-8-11(10(3)14)6-7-13(12)15;1-3-14-10(13)9-6(2)4-7(11)5-8(9)12/h4,6-8,15H,5H2,1-3H3;4-5,11-12H,3H2,1-2H3. The van der Waals surface area contributed by atoms with E-state index in [-0.39, 0.29) is 35.2 Å². The van der Waals surface area contributed by atoms with Crippen LogP contribution in [0.25, 0.3) is 0 Å². The maximum atomic E-state index is 11.3. The summed E-state index contributed by atoms with van der Waals surface area (Å²) in [7, 11) is 0. The van der Waals surface area contributed by atoms with E-state index in [1.165, 1.54) is 18.6 Å². The number of hydrogen-bond donors (Lipinski definition) is 3. The lowest BCUT2D eigenvalue weighted by Gasteiger charge is -2.07. The molecule has 2 aromatic rings. The maximum Gasteiger partial charge on any atom is 0.342 e. The quantitative estimate of drug-likeness (QED) is 0.382. The molecule has 0 saturated heterocycles. The third kappa shape index (κ3) is 7.33. The number of aromatic hydroxyl groups is 3. The van der Waals surface area contributed by atoms with Crippen molar-refractivity contribution in [3.05, 3.63) is 64.2 Å². The molecule has 0 aliphatic rings. The van der Waals surface area contributed by atoms with Crippen molar-refractivity contribution in [1.82, 2.24) is 0 Å². The first-order chi connectivity index (χ1) is 13.6. The number of ether oxygens (including phenoxy) is 1.